The van der Waals surface area contributed by atoms with Crippen LogP contribution in [0.3, 0.4) is 0 Å². The topological polar surface area (TPSA) is 69.2 Å². The van der Waals surface area contributed by atoms with E-state index in [1.807, 2.05) is 14.1 Å². The van der Waals surface area contributed by atoms with Crippen LogP contribution in [0.25, 0.3) is 0 Å². The summed E-state index contributed by atoms with van der Waals surface area (Å²) in [6.45, 7) is 1.03. The van der Waals surface area contributed by atoms with Gasteiger partial charge in [0.25, 0.3) is 0 Å². The highest BCUT2D eigenvalue weighted by atomic mass is 19.1. The standard InChI is InChI=1S/C17H33FN2O3/c1-20(2,15-17(22)23)14-10-13-19-16(21)11-8-6-4-3-5-7-9-12-18/h3-15H2,1-2H3,(H-,19,21,22,23). The molecule has 23 heavy (non-hydrogen) atoms. The Morgan fingerprint density at radius 1 is 0.957 bits per heavy atom. The minimum Gasteiger partial charge on any atom is -0.544 e. The predicted molar refractivity (Wildman–Crippen MR) is 87.4 cm³/mol. The van der Waals surface area contributed by atoms with Crippen molar-refractivity contribution < 1.29 is 23.6 Å². The molecular formula is C17H33FN2O3. The molecule has 5 nitrogen and oxygen atoms in total. The van der Waals surface area contributed by atoms with Gasteiger partial charge >= 0.3 is 0 Å². The van der Waals surface area contributed by atoms with Gasteiger partial charge in [-0.15, -0.1) is 0 Å². The Labute approximate surface area is 139 Å². The third-order valence-electron chi connectivity index (χ3n) is 3.86. The molecule has 0 bridgehead atoms. The van der Waals surface area contributed by atoms with Crippen LogP contribution < -0.4 is 10.4 Å². The zero-order valence-corrected chi connectivity index (χ0v) is 14.7. The third kappa shape index (κ3) is 15.5. The van der Waals surface area contributed by atoms with E-state index >= 15 is 0 Å². The number of likely N-dealkylation sites (N-methyl/N-ethyl adjacent to an activating group) is 1. The van der Waals surface area contributed by atoms with Crippen LogP contribution >= 0.6 is 0 Å². The third-order valence-corrected chi connectivity index (χ3v) is 3.86. The molecule has 0 aromatic heterocycles. The minimum atomic E-state index is -1.05. The first-order valence-corrected chi connectivity index (χ1v) is 8.72. The number of nitrogens with zero attached hydrogens (tertiary/aromatic N) is 1. The summed E-state index contributed by atoms with van der Waals surface area (Å²) < 4.78 is 12.2. The number of nitrogens with one attached hydrogen (secondary N) is 1. The molecule has 0 saturated heterocycles. The molecule has 0 aromatic rings. The lowest BCUT2D eigenvalue weighted by Crippen LogP contribution is -2.49. The molecule has 1 amide bonds. The van der Waals surface area contributed by atoms with Crippen LogP contribution in [0.1, 0.15) is 57.8 Å². The number of unbranched alkanes of at least 4 members (excludes halogenated alkanes) is 6. The molecule has 6 heteroatoms. The number of rotatable bonds is 15. The number of carboxylic acids is 1. The summed E-state index contributed by atoms with van der Waals surface area (Å²) in [6.07, 6.45) is 8.16. The van der Waals surface area contributed by atoms with Crippen molar-refractivity contribution >= 4 is 11.9 Å². The second-order valence-corrected chi connectivity index (χ2v) is 6.81. The maximum atomic E-state index is 11.9. The van der Waals surface area contributed by atoms with Crippen LogP contribution in [0.15, 0.2) is 0 Å². The molecule has 0 unspecified atom stereocenters. The van der Waals surface area contributed by atoms with Crippen LogP contribution in [0.2, 0.25) is 0 Å². The molecule has 0 radical (unpaired) electrons. The maximum Gasteiger partial charge on any atom is 0.219 e. The van der Waals surface area contributed by atoms with Gasteiger partial charge in [-0.3, -0.25) is 9.18 Å². The highest BCUT2D eigenvalue weighted by molar-refractivity contribution is 5.75. The molecule has 0 atom stereocenters. The van der Waals surface area contributed by atoms with Crippen molar-refractivity contribution in [2.45, 2.75) is 57.8 Å². The number of quaternary nitrogens is 1. The number of hydrogen-bond donors (Lipinski definition) is 1. The summed E-state index contributed by atoms with van der Waals surface area (Å²) >= 11 is 0. The number of aliphatic carboxylic acids is 1. The lowest BCUT2D eigenvalue weighted by molar-refractivity contribution is -0.884. The first kappa shape index (κ1) is 21.8. The molecule has 0 aliphatic rings. The van der Waals surface area contributed by atoms with E-state index < -0.39 is 5.97 Å². The first-order valence-electron chi connectivity index (χ1n) is 8.72. The van der Waals surface area contributed by atoms with Crippen LogP contribution in [-0.4, -0.2) is 56.8 Å². The van der Waals surface area contributed by atoms with E-state index in [1.165, 1.54) is 0 Å². The van der Waals surface area contributed by atoms with E-state index in [-0.39, 0.29) is 19.1 Å². The molecule has 0 spiro atoms. The molecular weight excluding hydrogens is 299 g/mol. The molecule has 0 rings (SSSR count). The summed E-state index contributed by atoms with van der Waals surface area (Å²) in [5, 5.41) is 13.5. The Morgan fingerprint density at radius 3 is 2.09 bits per heavy atom. The van der Waals surface area contributed by atoms with E-state index in [9.17, 15) is 19.1 Å². The van der Waals surface area contributed by atoms with E-state index in [4.69, 9.17) is 0 Å². The van der Waals surface area contributed by atoms with Gasteiger partial charge in [0.15, 0.2) is 0 Å². The lowest BCUT2D eigenvalue weighted by atomic mass is 10.1. The summed E-state index contributed by atoms with van der Waals surface area (Å²) in [5.41, 5.74) is 0. The summed E-state index contributed by atoms with van der Waals surface area (Å²) in [4.78, 5) is 22.2. The zero-order chi connectivity index (χ0) is 17.6. The van der Waals surface area contributed by atoms with Gasteiger partial charge in [-0.25, -0.2) is 0 Å². The van der Waals surface area contributed by atoms with Gasteiger partial charge in [0.1, 0.15) is 6.54 Å². The van der Waals surface area contributed by atoms with Crippen molar-refractivity contribution in [1.29, 1.82) is 0 Å². The Morgan fingerprint density at radius 2 is 1.52 bits per heavy atom. The average molecular weight is 332 g/mol. The van der Waals surface area contributed by atoms with Crippen LogP contribution in [-0.2, 0) is 9.59 Å². The van der Waals surface area contributed by atoms with Gasteiger partial charge in [-0.05, 0) is 12.8 Å². The van der Waals surface area contributed by atoms with Gasteiger partial charge in [-0.2, -0.15) is 0 Å². The highest BCUT2D eigenvalue weighted by Crippen LogP contribution is 2.08. The van der Waals surface area contributed by atoms with Crippen molar-refractivity contribution in [3.63, 3.8) is 0 Å². The molecule has 1 N–H and O–H groups in total. The average Bonchev–Trinajstić information content (AvgIpc) is 2.45. The van der Waals surface area contributed by atoms with Crippen LogP contribution in [0.5, 0.6) is 0 Å². The predicted octanol–water partition coefficient (Wildman–Crippen LogP) is 1.41. The van der Waals surface area contributed by atoms with Crippen molar-refractivity contribution in [2.24, 2.45) is 0 Å². The van der Waals surface area contributed by atoms with E-state index in [1.54, 1.807) is 0 Å². The fourth-order valence-corrected chi connectivity index (χ4v) is 2.52. The number of carboxylic acid groups (broad SMARTS) is 1. The second kappa shape index (κ2) is 13.3. The molecule has 0 aliphatic carbocycles. The molecule has 136 valence electrons. The van der Waals surface area contributed by atoms with Crippen LogP contribution in [0, 0.1) is 0 Å². The Balaban J connectivity index is 3.45. The number of halogens is 1. The smallest absolute Gasteiger partial charge is 0.219 e. The molecule has 0 aromatic carbocycles. The monoisotopic (exact) mass is 332 g/mol. The summed E-state index contributed by atoms with van der Waals surface area (Å²) in [5.74, 6) is -0.989. The van der Waals surface area contributed by atoms with E-state index in [0.717, 1.165) is 44.9 Å². The van der Waals surface area contributed by atoms with Gasteiger partial charge < -0.3 is 19.7 Å². The fourth-order valence-electron chi connectivity index (χ4n) is 2.52. The fraction of sp³-hybridized carbons (Fsp3) is 0.882. The van der Waals surface area contributed by atoms with Gasteiger partial charge in [0.05, 0.1) is 33.3 Å². The Bertz CT molecular complexity index is 336. The van der Waals surface area contributed by atoms with E-state index in [0.29, 0.717) is 30.4 Å². The molecule has 0 fully saturated rings. The zero-order valence-electron chi connectivity index (χ0n) is 14.7. The second-order valence-electron chi connectivity index (χ2n) is 6.81. The van der Waals surface area contributed by atoms with Crippen molar-refractivity contribution in [1.82, 2.24) is 5.32 Å². The van der Waals surface area contributed by atoms with Gasteiger partial charge in [0.2, 0.25) is 5.91 Å². The van der Waals surface area contributed by atoms with Crippen LogP contribution in [0.4, 0.5) is 4.39 Å². The molecule has 0 saturated carbocycles. The molecule has 0 heterocycles. The van der Waals surface area contributed by atoms with Crippen molar-refractivity contribution in [3.8, 4) is 0 Å². The highest BCUT2D eigenvalue weighted by Gasteiger charge is 2.14. The summed E-state index contributed by atoms with van der Waals surface area (Å²) in [7, 11) is 3.68. The summed E-state index contributed by atoms with van der Waals surface area (Å²) in [6, 6.07) is 0. The Kier molecular flexibility index (Phi) is 12.6. The quantitative estimate of drug-likeness (QED) is 0.364. The number of carbonyl (C=O) groups is 2. The molecule has 0 aliphatic heterocycles. The van der Waals surface area contributed by atoms with Crippen molar-refractivity contribution in [3.05, 3.63) is 0 Å². The van der Waals surface area contributed by atoms with Gasteiger partial charge in [0, 0.05) is 19.4 Å². The van der Waals surface area contributed by atoms with Crippen molar-refractivity contribution in [2.75, 3.05) is 40.4 Å². The SMILES string of the molecule is C[N+](C)(CCCNC(=O)CCCCCCCCCF)CC(=O)[O-]. The Hall–Kier alpha value is -1.17. The largest absolute Gasteiger partial charge is 0.544 e. The maximum absolute atomic E-state index is 11.9. The van der Waals surface area contributed by atoms with Gasteiger partial charge in [-0.1, -0.05) is 32.1 Å². The number of alkyl halides is 1. The van der Waals surface area contributed by atoms with E-state index in [2.05, 4.69) is 5.32 Å². The number of hydrogen-bond acceptors (Lipinski definition) is 3. The lowest BCUT2D eigenvalue weighted by Gasteiger charge is -2.30. The number of amides is 1. The normalized spacial score (nSPS) is 11.4. The minimum absolute atomic E-state index is 0.0146. The first-order chi connectivity index (χ1) is 10.9. The number of carbonyl (C=O) groups excluding carboxylic acids is 2.